The topological polar surface area (TPSA) is 49.9 Å². The van der Waals surface area contributed by atoms with Crippen LogP contribution in [-0.4, -0.2) is 54.0 Å². The molecule has 0 saturated carbocycles. The van der Waals surface area contributed by atoms with Gasteiger partial charge in [0.1, 0.15) is 6.54 Å². The van der Waals surface area contributed by atoms with E-state index in [9.17, 15) is 9.59 Å². The van der Waals surface area contributed by atoms with E-state index in [1.807, 2.05) is 65.6 Å². The van der Waals surface area contributed by atoms with Gasteiger partial charge in [-0.3, -0.25) is 9.59 Å². The molecule has 2 unspecified atom stereocenters. The lowest BCUT2D eigenvalue weighted by Crippen LogP contribution is -2.48. The highest BCUT2D eigenvalue weighted by atomic mass is 35.5. The number of benzene rings is 3. The standard InChI is InChI=1S/C33H30Cl2N2O3S/c34-25-12-13-27(29(35)19-25)32-28-15-18-41-30(28)14-16-37(32)31(38)21-36(20-26-7-4-17-40-26)33(39)24-10-8-23(9-11-24)22-5-2-1-3-6-22/h1-3,5-6,8-13,15,18-19,26,32H,4,7,14,16-17,20-21H2. The molecule has 5 nitrogen and oxygen atoms in total. The van der Waals surface area contributed by atoms with Crippen LogP contribution in [0.5, 0.6) is 0 Å². The second-order valence-electron chi connectivity index (χ2n) is 10.5. The molecule has 3 heterocycles. The fraction of sp³-hybridized carbons (Fsp3) is 0.273. The summed E-state index contributed by atoms with van der Waals surface area (Å²) in [5, 5.41) is 3.12. The number of hydrogen-bond acceptors (Lipinski definition) is 4. The van der Waals surface area contributed by atoms with Crippen molar-refractivity contribution in [1.82, 2.24) is 9.80 Å². The largest absolute Gasteiger partial charge is 0.376 e. The van der Waals surface area contributed by atoms with Gasteiger partial charge in [-0.25, -0.2) is 0 Å². The van der Waals surface area contributed by atoms with Gasteiger partial charge >= 0.3 is 0 Å². The molecule has 41 heavy (non-hydrogen) atoms. The van der Waals surface area contributed by atoms with Gasteiger partial charge in [-0.1, -0.05) is 71.7 Å². The van der Waals surface area contributed by atoms with E-state index in [0.29, 0.717) is 35.3 Å². The quantitative estimate of drug-likeness (QED) is 0.219. The number of fused-ring (bicyclic) bond motifs is 1. The molecule has 1 saturated heterocycles. The van der Waals surface area contributed by atoms with Gasteiger partial charge in [-0.15, -0.1) is 11.3 Å². The highest BCUT2D eigenvalue weighted by Crippen LogP contribution is 2.41. The first-order valence-corrected chi connectivity index (χ1v) is 15.5. The van der Waals surface area contributed by atoms with E-state index in [2.05, 4.69) is 11.4 Å². The van der Waals surface area contributed by atoms with Gasteiger partial charge in [-0.2, -0.15) is 0 Å². The Kier molecular flexibility index (Phi) is 8.45. The maximum Gasteiger partial charge on any atom is 0.254 e. The van der Waals surface area contributed by atoms with Gasteiger partial charge in [0.2, 0.25) is 5.91 Å². The molecule has 6 rings (SSSR count). The van der Waals surface area contributed by atoms with Crippen molar-refractivity contribution in [2.45, 2.75) is 31.4 Å². The van der Waals surface area contributed by atoms with Crippen LogP contribution in [0.25, 0.3) is 11.1 Å². The zero-order valence-electron chi connectivity index (χ0n) is 22.5. The first kappa shape index (κ1) is 28.0. The van der Waals surface area contributed by atoms with Crippen LogP contribution in [0.3, 0.4) is 0 Å². The van der Waals surface area contributed by atoms with Crippen LogP contribution in [0.1, 0.15) is 45.2 Å². The monoisotopic (exact) mass is 604 g/mol. The van der Waals surface area contributed by atoms with E-state index in [1.54, 1.807) is 28.4 Å². The molecule has 3 aromatic carbocycles. The Morgan fingerprint density at radius 3 is 2.46 bits per heavy atom. The number of carbonyl (C=O) groups excluding carboxylic acids is 2. The molecule has 8 heteroatoms. The summed E-state index contributed by atoms with van der Waals surface area (Å²) in [6.07, 6.45) is 2.51. The number of amides is 2. The summed E-state index contributed by atoms with van der Waals surface area (Å²) in [4.78, 5) is 32.7. The van der Waals surface area contributed by atoms with Crippen LogP contribution in [0, 0.1) is 0 Å². The zero-order chi connectivity index (χ0) is 28.3. The normalized spacial score (nSPS) is 18.2. The van der Waals surface area contributed by atoms with Crippen molar-refractivity contribution < 1.29 is 14.3 Å². The summed E-state index contributed by atoms with van der Waals surface area (Å²) in [6, 6.07) is 24.8. The fourth-order valence-electron chi connectivity index (χ4n) is 5.77. The average Bonchev–Trinajstić information content (AvgIpc) is 3.69. The minimum Gasteiger partial charge on any atom is -0.376 e. The second kappa shape index (κ2) is 12.4. The molecular weight excluding hydrogens is 575 g/mol. The predicted molar refractivity (Wildman–Crippen MR) is 165 cm³/mol. The average molecular weight is 606 g/mol. The van der Waals surface area contributed by atoms with Gasteiger partial charge in [0.15, 0.2) is 0 Å². The molecule has 210 valence electrons. The lowest BCUT2D eigenvalue weighted by atomic mass is 9.93. The molecule has 0 spiro atoms. The molecule has 4 aromatic rings. The van der Waals surface area contributed by atoms with Crippen LogP contribution in [0.2, 0.25) is 10.0 Å². The first-order chi connectivity index (χ1) is 20.0. The fourth-order valence-corrected chi connectivity index (χ4v) is 7.19. The lowest BCUT2D eigenvalue weighted by molar-refractivity contribution is -0.134. The Morgan fingerprint density at radius 2 is 1.73 bits per heavy atom. The molecular formula is C33H30Cl2N2O3S. The number of rotatable bonds is 7. The predicted octanol–water partition coefficient (Wildman–Crippen LogP) is 7.52. The highest BCUT2D eigenvalue weighted by molar-refractivity contribution is 7.10. The molecule has 2 atom stereocenters. The van der Waals surface area contributed by atoms with Gasteiger partial charge in [-0.05, 0) is 77.2 Å². The molecule has 0 radical (unpaired) electrons. The number of thiophene rings is 1. The summed E-state index contributed by atoms with van der Waals surface area (Å²) in [7, 11) is 0. The number of hydrogen-bond donors (Lipinski definition) is 0. The summed E-state index contributed by atoms with van der Waals surface area (Å²) >= 11 is 14.6. The molecule has 0 N–H and O–H groups in total. The maximum absolute atomic E-state index is 14.1. The number of halogens is 2. The van der Waals surface area contributed by atoms with Crippen molar-refractivity contribution in [2.24, 2.45) is 0 Å². The van der Waals surface area contributed by atoms with Crippen molar-refractivity contribution in [3.8, 4) is 11.1 Å². The van der Waals surface area contributed by atoms with E-state index in [-0.39, 0.29) is 30.5 Å². The molecule has 1 aromatic heterocycles. The molecule has 2 amide bonds. The van der Waals surface area contributed by atoms with Crippen molar-refractivity contribution in [2.75, 3.05) is 26.2 Å². The lowest BCUT2D eigenvalue weighted by Gasteiger charge is -2.38. The van der Waals surface area contributed by atoms with Gasteiger partial charge < -0.3 is 14.5 Å². The van der Waals surface area contributed by atoms with E-state index in [4.69, 9.17) is 27.9 Å². The second-order valence-corrected chi connectivity index (χ2v) is 12.3. The maximum atomic E-state index is 14.1. The Morgan fingerprint density at radius 1 is 0.951 bits per heavy atom. The minimum atomic E-state index is -0.341. The van der Waals surface area contributed by atoms with Gasteiger partial charge in [0.25, 0.3) is 5.91 Å². The molecule has 2 aliphatic heterocycles. The Labute approximate surface area is 254 Å². The Hall–Kier alpha value is -3.16. The van der Waals surface area contributed by atoms with Crippen LogP contribution in [0.15, 0.2) is 84.2 Å². The smallest absolute Gasteiger partial charge is 0.254 e. The third kappa shape index (κ3) is 6.07. The van der Waals surface area contributed by atoms with Crippen molar-refractivity contribution in [3.63, 3.8) is 0 Å². The minimum absolute atomic E-state index is 0.0414. The zero-order valence-corrected chi connectivity index (χ0v) is 24.8. The molecule has 0 bridgehead atoms. The molecule has 2 aliphatic rings. The third-order valence-corrected chi connectivity index (χ3v) is 9.40. The number of ether oxygens (including phenoxy) is 1. The van der Waals surface area contributed by atoms with Gasteiger partial charge in [0.05, 0.1) is 12.1 Å². The SMILES string of the molecule is O=C(c1ccc(-c2ccccc2)cc1)N(CC(=O)N1CCc2sccc2C1c1ccc(Cl)cc1Cl)CC1CCCO1. The summed E-state index contributed by atoms with van der Waals surface area (Å²) in [6.45, 7) is 1.55. The van der Waals surface area contributed by atoms with Crippen molar-refractivity contribution in [3.05, 3.63) is 116 Å². The summed E-state index contributed by atoms with van der Waals surface area (Å²) in [5.41, 5.74) is 4.57. The summed E-state index contributed by atoms with van der Waals surface area (Å²) < 4.78 is 5.88. The van der Waals surface area contributed by atoms with E-state index in [0.717, 1.165) is 41.5 Å². The van der Waals surface area contributed by atoms with Crippen molar-refractivity contribution in [1.29, 1.82) is 0 Å². The van der Waals surface area contributed by atoms with Crippen molar-refractivity contribution >= 4 is 46.4 Å². The third-order valence-electron chi connectivity index (χ3n) is 7.84. The van der Waals surface area contributed by atoms with E-state index < -0.39 is 0 Å². The van der Waals surface area contributed by atoms with E-state index in [1.165, 1.54) is 4.88 Å². The number of carbonyl (C=O) groups is 2. The van der Waals surface area contributed by atoms with Crippen LogP contribution in [0.4, 0.5) is 0 Å². The van der Waals surface area contributed by atoms with E-state index >= 15 is 0 Å². The van der Waals surface area contributed by atoms with Gasteiger partial charge in [0, 0.05) is 40.2 Å². The Bertz CT molecular complexity index is 1530. The Balaban J connectivity index is 1.27. The van der Waals surface area contributed by atoms with Crippen LogP contribution >= 0.6 is 34.5 Å². The number of nitrogens with zero attached hydrogens (tertiary/aromatic N) is 2. The van der Waals surface area contributed by atoms with Crippen LogP contribution in [-0.2, 0) is 16.0 Å². The van der Waals surface area contributed by atoms with Crippen LogP contribution < -0.4 is 0 Å². The molecule has 1 fully saturated rings. The summed E-state index contributed by atoms with van der Waals surface area (Å²) in [5.74, 6) is -0.298. The highest BCUT2D eigenvalue weighted by Gasteiger charge is 2.36. The first-order valence-electron chi connectivity index (χ1n) is 13.8. The molecule has 0 aliphatic carbocycles.